The van der Waals surface area contributed by atoms with Crippen molar-refractivity contribution < 1.29 is 19.1 Å². The molecule has 17 heavy (non-hydrogen) atoms. The summed E-state index contributed by atoms with van der Waals surface area (Å²) >= 11 is 0. The Balaban J connectivity index is 2.91. The van der Waals surface area contributed by atoms with Crippen molar-refractivity contribution in [2.24, 2.45) is 0 Å². The predicted octanol–water partition coefficient (Wildman–Crippen LogP) is 2.00. The summed E-state index contributed by atoms with van der Waals surface area (Å²) in [4.78, 5) is 21.8. The van der Waals surface area contributed by atoms with Crippen molar-refractivity contribution in [1.29, 1.82) is 0 Å². The lowest BCUT2D eigenvalue weighted by molar-refractivity contribution is -0.107. The number of esters is 1. The topological polar surface area (TPSA) is 52.6 Å². The number of carbonyl (C=O) groups excluding carboxylic acids is 2. The van der Waals surface area contributed by atoms with E-state index >= 15 is 0 Å². The second-order valence-electron chi connectivity index (χ2n) is 3.45. The largest absolute Gasteiger partial charge is 0.496 e. The van der Waals surface area contributed by atoms with Gasteiger partial charge in [-0.2, -0.15) is 0 Å². The van der Waals surface area contributed by atoms with Gasteiger partial charge in [0, 0.05) is 6.42 Å². The molecule has 4 nitrogen and oxygen atoms in total. The van der Waals surface area contributed by atoms with Gasteiger partial charge in [0.15, 0.2) is 0 Å². The molecule has 0 saturated carbocycles. The molecule has 92 valence electrons. The fourth-order valence-corrected chi connectivity index (χ4v) is 1.51. The third-order valence-electron chi connectivity index (χ3n) is 2.33. The maximum absolute atomic E-state index is 11.5. The van der Waals surface area contributed by atoms with Gasteiger partial charge in [0.05, 0.1) is 19.3 Å². The Bertz CT molecular complexity index is 398. The number of aryl methyl sites for hydroxylation is 1. The molecule has 0 amide bonds. The lowest BCUT2D eigenvalue weighted by atomic mass is 10.1. The van der Waals surface area contributed by atoms with E-state index in [1.165, 1.54) is 7.11 Å². The van der Waals surface area contributed by atoms with Gasteiger partial charge in [0.25, 0.3) is 0 Å². The zero-order chi connectivity index (χ0) is 12.7. The van der Waals surface area contributed by atoms with Crippen LogP contribution >= 0.6 is 0 Å². The molecule has 1 rings (SSSR count). The van der Waals surface area contributed by atoms with E-state index in [9.17, 15) is 9.59 Å². The Morgan fingerprint density at radius 3 is 2.76 bits per heavy atom. The SMILES string of the molecule is CCOC(=O)c1ccc(CCC=O)c(OC)c1. The van der Waals surface area contributed by atoms with E-state index < -0.39 is 0 Å². The van der Waals surface area contributed by atoms with Crippen LogP contribution in [-0.4, -0.2) is 26.0 Å². The first kappa shape index (κ1) is 13.2. The highest BCUT2D eigenvalue weighted by molar-refractivity contribution is 5.90. The zero-order valence-electron chi connectivity index (χ0n) is 10.1. The Kier molecular flexibility index (Phi) is 5.20. The molecule has 0 aliphatic carbocycles. The molecule has 0 spiro atoms. The molecule has 0 bridgehead atoms. The molecule has 1 aromatic carbocycles. The molecular formula is C13H16O4. The summed E-state index contributed by atoms with van der Waals surface area (Å²) in [6.45, 7) is 2.10. The van der Waals surface area contributed by atoms with Crippen LogP contribution in [-0.2, 0) is 16.0 Å². The van der Waals surface area contributed by atoms with Crippen molar-refractivity contribution >= 4 is 12.3 Å². The van der Waals surface area contributed by atoms with Gasteiger partial charge in [-0.15, -0.1) is 0 Å². The van der Waals surface area contributed by atoms with Crippen LogP contribution in [0.1, 0.15) is 29.3 Å². The van der Waals surface area contributed by atoms with Gasteiger partial charge in [0.1, 0.15) is 12.0 Å². The minimum absolute atomic E-state index is 0.341. The second-order valence-corrected chi connectivity index (χ2v) is 3.45. The summed E-state index contributed by atoms with van der Waals surface area (Å²) in [5.41, 5.74) is 1.37. The molecule has 1 aromatic rings. The smallest absolute Gasteiger partial charge is 0.338 e. The van der Waals surface area contributed by atoms with Gasteiger partial charge in [-0.1, -0.05) is 6.07 Å². The minimum atomic E-state index is -0.368. The molecule has 0 radical (unpaired) electrons. The Morgan fingerprint density at radius 1 is 1.41 bits per heavy atom. The number of ether oxygens (including phenoxy) is 2. The van der Waals surface area contributed by atoms with Crippen LogP contribution in [0.5, 0.6) is 5.75 Å². The fraction of sp³-hybridized carbons (Fsp3) is 0.385. The van der Waals surface area contributed by atoms with Crippen molar-refractivity contribution in [3.63, 3.8) is 0 Å². The number of methoxy groups -OCH3 is 1. The highest BCUT2D eigenvalue weighted by atomic mass is 16.5. The van der Waals surface area contributed by atoms with E-state index in [0.717, 1.165) is 11.8 Å². The van der Waals surface area contributed by atoms with Gasteiger partial charge in [0.2, 0.25) is 0 Å². The van der Waals surface area contributed by atoms with Gasteiger partial charge in [-0.25, -0.2) is 4.79 Å². The van der Waals surface area contributed by atoms with E-state index in [2.05, 4.69) is 0 Å². The Morgan fingerprint density at radius 2 is 2.18 bits per heavy atom. The molecule has 0 unspecified atom stereocenters. The van der Waals surface area contributed by atoms with Crippen LogP contribution in [0.3, 0.4) is 0 Å². The average molecular weight is 236 g/mol. The van der Waals surface area contributed by atoms with Crippen molar-refractivity contribution in [1.82, 2.24) is 0 Å². The van der Waals surface area contributed by atoms with E-state index in [4.69, 9.17) is 9.47 Å². The molecule has 0 fully saturated rings. The first-order chi connectivity index (χ1) is 8.22. The zero-order valence-corrected chi connectivity index (χ0v) is 10.1. The van der Waals surface area contributed by atoms with Crippen molar-refractivity contribution in [2.45, 2.75) is 19.8 Å². The Hall–Kier alpha value is -1.84. The minimum Gasteiger partial charge on any atom is -0.496 e. The van der Waals surface area contributed by atoms with Crippen molar-refractivity contribution in [2.75, 3.05) is 13.7 Å². The van der Waals surface area contributed by atoms with Gasteiger partial charge in [-0.3, -0.25) is 0 Å². The summed E-state index contributed by atoms with van der Waals surface area (Å²) in [7, 11) is 1.54. The summed E-state index contributed by atoms with van der Waals surface area (Å²) < 4.78 is 10.1. The maximum Gasteiger partial charge on any atom is 0.338 e. The molecule has 0 heterocycles. The highest BCUT2D eigenvalue weighted by Gasteiger charge is 2.10. The first-order valence-electron chi connectivity index (χ1n) is 5.50. The van der Waals surface area contributed by atoms with Crippen LogP contribution in [0.4, 0.5) is 0 Å². The number of rotatable bonds is 6. The van der Waals surface area contributed by atoms with Crippen LogP contribution in [0, 0.1) is 0 Å². The number of hydrogen-bond acceptors (Lipinski definition) is 4. The number of benzene rings is 1. The molecular weight excluding hydrogens is 220 g/mol. The molecule has 0 saturated heterocycles. The monoisotopic (exact) mass is 236 g/mol. The molecule has 0 aliphatic heterocycles. The molecule has 4 heteroatoms. The average Bonchev–Trinajstić information content (AvgIpc) is 2.36. The van der Waals surface area contributed by atoms with Gasteiger partial charge >= 0.3 is 5.97 Å². The second kappa shape index (κ2) is 6.68. The van der Waals surface area contributed by atoms with E-state index in [1.807, 2.05) is 0 Å². The van der Waals surface area contributed by atoms with Crippen molar-refractivity contribution in [3.05, 3.63) is 29.3 Å². The number of carbonyl (C=O) groups is 2. The van der Waals surface area contributed by atoms with Crippen molar-refractivity contribution in [3.8, 4) is 5.75 Å². The van der Waals surface area contributed by atoms with Crippen LogP contribution in [0.15, 0.2) is 18.2 Å². The summed E-state index contributed by atoms with van der Waals surface area (Å²) in [6.07, 6.45) is 1.91. The maximum atomic E-state index is 11.5. The number of hydrogen-bond donors (Lipinski definition) is 0. The third-order valence-corrected chi connectivity index (χ3v) is 2.33. The lowest BCUT2D eigenvalue weighted by Gasteiger charge is -2.09. The van der Waals surface area contributed by atoms with Gasteiger partial charge < -0.3 is 14.3 Å². The molecule has 0 aromatic heterocycles. The Labute approximate surface area is 101 Å². The fourth-order valence-electron chi connectivity index (χ4n) is 1.51. The quantitative estimate of drug-likeness (QED) is 0.560. The first-order valence-corrected chi connectivity index (χ1v) is 5.50. The highest BCUT2D eigenvalue weighted by Crippen LogP contribution is 2.21. The standard InChI is InChI=1S/C13H16O4/c1-3-17-13(15)11-7-6-10(5-4-8-14)12(9-11)16-2/h6-9H,3-5H2,1-2H3. The normalized spacial score (nSPS) is 9.76. The van der Waals surface area contributed by atoms with E-state index in [0.29, 0.717) is 30.8 Å². The summed E-state index contributed by atoms with van der Waals surface area (Å²) in [5.74, 6) is 0.241. The van der Waals surface area contributed by atoms with E-state index in [1.54, 1.807) is 25.1 Å². The third kappa shape index (κ3) is 3.59. The van der Waals surface area contributed by atoms with Gasteiger partial charge in [-0.05, 0) is 31.0 Å². The van der Waals surface area contributed by atoms with Crippen LogP contribution in [0.25, 0.3) is 0 Å². The van der Waals surface area contributed by atoms with Crippen LogP contribution in [0.2, 0.25) is 0 Å². The number of aldehydes is 1. The lowest BCUT2D eigenvalue weighted by Crippen LogP contribution is -2.05. The van der Waals surface area contributed by atoms with Crippen LogP contribution < -0.4 is 4.74 Å². The molecule has 0 atom stereocenters. The predicted molar refractivity (Wildman–Crippen MR) is 63.3 cm³/mol. The molecule has 0 N–H and O–H groups in total. The van der Waals surface area contributed by atoms with E-state index in [-0.39, 0.29) is 5.97 Å². The molecule has 0 aliphatic rings. The summed E-state index contributed by atoms with van der Waals surface area (Å²) in [5, 5.41) is 0. The summed E-state index contributed by atoms with van der Waals surface area (Å²) in [6, 6.07) is 5.10.